The molecule has 0 radical (unpaired) electrons. The van der Waals surface area contributed by atoms with Crippen molar-refractivity contribution in [2.24, 2.45) is 0 Å². The summed E-state index contributed by atoms with van der Waals surface area (Å²) < 4.78 is 42.1. The number of nitrogens with zero attached hydrogens (tertiary/aromatic N) is 1. The molecule has 2 aromatic rings. The van der Waals surface area contributed by atoms with Crippen LogP contribution in [-0.2, 0) is 21.2 Å². The number of nitrogens with one attached hydrogen (secondary N) is 1. The number of aryl methyl sites for hydroxylation is 1. The quantitative estimate of drug-likeness (QED) is 0.607. The van der Waals surface area contributed by atoms with Gasteiger partial charge >= 0.3 is 0 Å². The van der Waals surface area contributed by atoms with Gasteiger partial charge in [0.15, 0.2) is 11.5 Å². The lowest BCUT2D eigenvalue weighted by atomic mass is 10.2. The van der Waals surface area contributed by atoms with E-state index in [2.05, 4.69) is 12.2 Å². The first-order valence-electron chi connectivity index (χ1n) is 9.72. The van der Waals surface area contributed by atoms with E-state index in [-0.39, 0.29) is 19.7 Å². The minimum Gasteiger partial charge on any atom is -0.492 e. The summed E-state index contributed by atoms with van der Waals surface area (Å²) in [5.74, 6) is 1.29. The molecule has 0 spiro atoms. The third kappa shape index (κ3) is 5.79. The summed E-state index contributed by atoms with van der Waals surface area (Å²) in [5.41, 5.74) is 1.56. The lowest BCUT2D eigenvalue weighted by Gasteiger charge is -2.24. The Bertz CT molecular complexity index is 975. The van der Waals surface area contributed by atoms with Crippen molar-refractivity contribution in [2.45, 2.75) is 13.3 Å². The number of rotatable bonds is 9. The molecule has 0 bridgehead atoms. The van der Waals surface area contributed by atoms with Crippen LogP contribution in [0.4, 0.5) is 5.69 Å². The van der Waals surface area contributed by atoms with E-state index in [0.29, 0.717) is 30.4 Å². The van der Waals surface area contributed by atoms with Gasteiger partial charge in [0.05, 0.1) is 18.5 Å². The normalized spacial score (nSPS) is 12.9. The van der Waals surface area contributed by atoms with Crippen molar-refractivity contribution in [3.05, 3.63) is 48.0 Å². The number of hydrogen-bond acceptors (Lipinski definition) is 6. The molecule has 0 saturated carbocycles. The number of hydrogen-bond donors (Lipinski definition) is 1. The van der Waals surface area contributed by atoms with Gasteiger partial charge in [0, 0.05) is 6.07 Å². The average molecular weight is 435 g/mol. The first-order valence-corrected chi connectivity index (χ1v) is 11.6. The van der Waals surface area contributed by atoms with Crippen molar-refractivity contribution in [2.75, 3.05) is 43.5 Å². The number of amides is 1. The zero-order valence-corrected chi connectivity index (χ0v) is 17.9. The minimum absolute atomic E-state index is 0.257. The summed E-state index contributed by atoms with van der Waals surface area (Å²) in [6.45, 7) is 3.10. The molecule has 0 fully saturated rings. The Morgan fingerprint density at radius 2 is 1.80 bits per heavy atom. The van der Waals surface area contributed by atoms with Gasteiger partial charge in [-0.25, -0.2) is 8.42 Å². The number of carbonyl (C=O) groups excluding carboxylic acids is 1. The standard InChI is InChI=1S/C21H26N2O6S/c1-3-16-4-7-18(8-5-16)27-11-10-22-21(24)15-23(30(2,25)26)17-6-9-19-20(14-17)29-13-12-28-19/h4-9,14H,3,10-13,15H2,1-2H3,(H,22,24). The van der Waals surface area contributed by atoms with E-state index in [1.54, 1.807) is 18.2 Å². The molecule has 1 N–H and O–H groups in total. The van der Waals surface area contributed by atoms with E-state index in [1.807, 2.05) is 24.3 Å². The fourth-order valence-electron chi connectivity index (χ4n) is 2.95. The molecule has 0 atom stereocenters. The Kier molecular flexibility index (Phi) is 7.04. The minimum atomic E-state index is -3.67. The van der Waals surface area contributed by atoms with Crippen LogP contribution in [0.1, 0.15) is 12.5 Å². The Labute approximate surface area is 176 Å². The van der Waals surface area contributed by atoms with Crippen LogP contribution in [0.3, 0.4) is 0 Å². The van der Waals surface area contributed by atoms with Gasteiger partial charge in [-0.2, -0.15) is 0 Å². The summed E-state index contributed by atoms with van der Waals surface area (Å²) in [6.07, 6.45) is 2.01. The monoisotopic (exact) mass is 434 g/mol. The van der Waals surface area contributed by atoms with Crippen LogP contribution in [-0.4, -0.2) is 53.5 Å². The van der Waals surface area contributed by atoms with E-state index in [0.717, 1.165) is 22.7 Å². The first-order chi connectivity index (χ1) is 14.4. The van der Waals surface area contributed by atoms with Gasteiger partial charge in [-0.1, -0.05) is 19.1 Å². The number of benzene rings is 2. The van der Waals surface area contributed by atoms with Crippen LogP contribution >= 0.6 is 0 Å². The molecule has 0 saturated heterocycles. The van der Waals surface area contributed by atoms with Gasteiger partial charge < -0.3 is 19.5 Å². The zero-order chi connectivity index (χ0) is 21.6. The van der Waals surface area contributed by atoms with Crippen LogP contribution in [0.25, 0.3) is 0 Å². The van der Waals surface area contributed by atoms with E-state index in [4.69, 9.17) is 14.2 Å². The third-order valence-electron chi connectivity index (χ3n) is 4.53. The van der Waals surface area contributed by atoms with Gasteiger partial charge in [-0.3, -0.25) is 9.10 Å². The number of fused-ring (bicyclic) bond motifs is 1. The molecule has 0 unspecified atom stereocenters. The van der Waals surface area contributed by atoms with E-state index in [1.165, 1.54) is 5.56 Å². The maximum absolute atomic E-state index is 12.3. The third-order valence-corrected chi connectivity index (χ3v) is 5.67. The van der Waals surface area contributed by atoms with Crippen molar-refractivity contribution < 1.29 is 27.4 Å². The summed E-state index contributed by atoms with van der Waals surface area (Å²) in [5, 5.41) is 2.68. The molecule has 162 valence electrons. The van der Waals surface area contributed by atoms with Gasteiger partial charge in [0.1, 0.15) is 32.1 Å². The SMILES string of the molecule is CCc1ccc(OCCNC(=O)CN(c2ccc3c(c2)OCCO3)S(C)(=O)=O)cc1. The molecule has 9 heteroatoms. The van der Waals surface area contributed by atoms with Crippen LogP contribution in [0.5, 0.6) is 17.2 Å². The summed E-state index contributed by atoms with van der Waals surface area (Å²) in [6, 6.07) is 12.5. The van der Waals surface area contributed by atoms with E-state index in [9.17, 15) is 13.2 Å². The molecule has 0 aliphatic carbocycles. The van der Waals surface area contributed by atoms with Gasteiger partial charge in [-0.15, -0.1) is 0 Å². The number of ether oxygens (including phenoxy) is 3. The molecule has 1 aliphatic heterocycles. The molecule has 1 amide bonds. The second-order valence-corrected chi connectivity index (χ2v) is 8.70. The molecule has 1 aliphatic rings. The second kappa shape index (κ2) is 9.71. The first kappa shape index (κ1) is 21.8. The molecule has 3 rings (SSSR count). The number of anilines is 1. The van der Waals surface area contributed by atoms with Crippen LogP contribution in [0.2, 0.25) is 0 Å². The van der Waals surface area contributed by atoms with Crippen molar-refractivity contribution >= 4 is 21.6 Å². The highest BCUT2D eigenvalue weighted by atomic mass is 32.2. The smallest absolute Gasteiger partial charge is 0.240 e. The zero-order valence-electron chi connectivity index (χ0n) is 17.1. The molecule has 30 heavy (non-hydrogen) atoms. The molecule has 2 aromatic carbocycles. The summed E-state index contributed by atoms with van der Waals surface area (Å²) in [7, 11) is -3.67. The predicted octanol–water partition coefficient (Wildman–Crippen LogP) is 1.98. The second-order valence-electron chi connectivity index (χ2n) is 6.79. The van der Waals surface area contributed by atoms with Gasteiger partial charge in [0.2, 0.25) is 15.9 Å². The topological polar surface area (TPSA) is 94.2 Å². The van der Waals surface area contributed by atoms with Crippen molar-refractivity contribution in [1.29, 1.82) is 0 Å². The van der Waals surface area contributed by atoms with Crippen LogP contribution in [0, 0.1) is 0 Å². The van der Waals surface area contributed by atoms with Crippen LogP contribution in [0.15, 0.2) is 42.5 Å². The number of carbonyl (C=O) groups is 1. The summed E-state index contributed by atoms with van der Waals surface area (Å²) in [4.78, 5) is 12.3. The lowest BCUT2D eigenvalue weighted by molar-refractivity contribution is -0.119. The molecule has 0 aromatic heterocycles. The number of sulfonamides is 1. The average Bonchev–Trinajstić information content (AvgIpc) is 2.74. The molecule has 1 heterocycles. The highest BCUT2D eigenvalue weighted by Crippen LogP contribution is 2.34. The Morgan fingerprint density at radius 3 is 2.47 bits per heavy atom. The van der Waals surface area contributed by atoms with Crippen molar-refractivity contribution in [3.63, 3.8) is 0 Å². The van der Waals surface area contributed by atoms with Crippen LogP contribution < -0.4 is 23.8 Å². The van der Waals surface area contributed by atoms with Gasteiger partial charge in [-0.05, 0) is 36.2 Å². The van der Waals surface area contributed by atoms with E-state index < -0.39 is 15.9 Å². The maximum atomic E-state index is 12.3. The van der Waals surface area contributed by atoms with Gasteiger partial charge in [0.25, 0.3) is 0 Å². The fraction of sp³-hybridized carbons (Fsp3) is 0.381. The predicted molar refractivity (Wildman–Crippen MR) is 114 cm³/mol. The maximum Gasteiger partial charge on any atom is 0.240 e. The Morgan fingerprint density at radius 1 is 1.10 bits per heavy atom. The Balaban J connectivity index is 1.55. The highest BCUT2D eigenvalue weighted by Gasteiger charge is 2.23. The highest BCUT2D eigenvalue weighted by molar-refractivity contribution is 7.92. The largest absolute Gasteiger partial charge is 0.492 e. The Hall–Kier alpha value is -2.94. The van der Waals surface area contributed by atoms with Crippen molar-refractivity contribution in [1.82, 2.24) is 5.32 Å². The van der Waals surface area contributed by atoms with E-state index >= 15 is 0 Å². The molecular weight excluding hydrogens is 408 g/mol. The summed E-state index contributed by atoms with van der Waals surface area (Å²) >= 11 is 0. The van der Waals surface area contributed by atoms with Crippen molar-refractivity contribution in [3.8, 4) is 17.2 Å². The molecule has 8 nitrogen and oxygen atoms in total. The molecular formula is C21H26N2O6S. The fourth-order valence-corrected chi connectivity index (χ4v) is 3.80. The lowest BCUT2D eigenvalue weighted by Crippen LogP contribution is -2.41.